The third-order valence-electron chi connectivity index (χ3n) is 5.60. The van der Waals surface area contributed by atoms with Crippen molar-refractivity contribution in [3.63, 3.8) is 0 Å². The van der Waals surface area contributed by atoms with Crippen LogP contribution in [0.4, 0.5) is 0 Å². The molecule has 25 heavy (non-hydrogen) atoms. The first-order chi connectivity index (χ1) is 11.8. The number of hydrogen-bond donors (Lipinski definition) is 1. The predicted octanol–water partition coefficient (Wildman–Crippen LogP) is 2.13. The Hall–Kier alpha value is -1.63. The van der Waals surface area contributed by atoms with Gasteiger partial charge >= 0.3 is 5.97 Å². The molecule has 0 spiro atoms. The smallest absolute Gasteiger partial charge is 0.326 e. The Morgan fingerprint density at radius 3 is 2.60 bits per heavy atom. The van der Waals surface area contributed by atoms with Crippen molar-refractivity contribution in [2.45, 2.75) is 51.0 Å². The average Bonchev–Trinajstić information content (AvgIpc) is 2.98. The molecule has 6 nitrogen and oxygen atoms in total. The summed E-state index contributed by atoms with van der Waals surface area (Å²) in [5.41, 5.74) is 0.466. The van der Waals surface area contributed by atoms with E-state index in [2.05, 4.69) is 0 Å². The molecule has 1 N–H and O–H groups in total. The summed E-state index contributed by atoms with van der Waals surface area (Å²) in [6.45, 7) is 0.269. The van der Waals surface area contributed by atoms with E-state index in [1.165, 1.54) is 12.5 Å². The van der Waals surface area contributed by atoms with Crippen LogP contribution in [0.15, 0.2) is 22.8 Å². The normalized spacial score (nSPS) is 26.0. The van der Waals surface area contributed by atoms with Gasteiger partial charge in [-0.25, -0.2) is 13.2 Å². The van der Waals surface area contributed by atoms with Crippen LogP contribution in [0.3, 0.4) is 0 Å². The minimum Gasteiger partial charge on any atom is -0.480 e. The number of fused-ring (bicyclic) bond motifs is 1. The number of allylic oxidation sites excluding steroid dienone is 2. The number of carbonyl (C=O) groups is 2. The van der Waals surface area contributed by atoms with Gasteiger partial charge in [-0.05, 0) is 17.9 Å². The van der Waals surface area contributed by atoms with Gasteiger partial charge in [-0.2, -0.15) is 0 Å². The second kappa shape index (κ2) is 6.94. The largest absolute Gasteiger partial charge is 0.480 e. The van der Waals surface area contributed by atoms with Crippen LogP contribution in [0, 0.1) is 11.8 Å². The maximum atomic E-state index is 12.2. The fraction of sp³-hybridized carbons (Fsp3) is 0.667. The number of carbonyl (C=O) groups excluding carboxylic acids is 1. The third kappa shape index (κ3) is 3.81. The van der Waals surface area contributed by atoms with E-state index in [4.69, 9.17) is 0 Å². The first-order valence-corrected chi connectivity index (χ1v) is 10.8. The summed E-state index contributed by atoms with van der Waals surface area (Å²) in [7, 11) is -3.43. The first-order valence-electron chi connectivity index (χ1n) is 8.91. The maximum Gasteiger partial charge on any atom is 0.326 e. The molecule has 0 amide bonds. The SMILES string of the molecule is CS(=O)(=O)C1=CCC(=O)C2CN([C@@H](CC3CCCCC3)C(=O)O)C=C12. The van der Waals surface area contributed by atoms with Crippen LogP contribution in [0.1, 0.15) is 44.9 Å². The topological polar surface area (TPSA) is 91.8 Å². The van der Waals surface area contributed by atoms with Crippen molar-refractivity contribution >= 4 is 21.6 Å². The van der Waals surface area contributed by atoms with Gasteiger partial charge in [-0.15, -0.1) is 0 Å². The molecule has 1 aliphatic heterocycles. The Morgan fingerprint density at radius 2 is 2.00 bits per heavy atom. The number of ketones is 1. The fourth-order valence-electron chi connectivity index (χ4n) is 4.29. The van der Waals surface area contributed by atoms with Crippen LogP contribution in [-0.4, -0.2) is 49.0 Å². The van der Waals surface area contributed by atoms with Crippen molar-refractivity contribution < 1.29 is 23.1 Å². The van der Waals surface area contributed by atoms with Crippen LogP contribution in [0.2, 0.25) is 0 Å². The van der Waals surface area contributed by atoms with Crippen molar-refractivity contribution in [1.82, 2.24) is 4.90 Å². The van der Waals surface area contributed by atoms with Gasteiger partial charge in [0.1, 0.15) is 11.8 Å². The predicted molar refractivity (Wildman–Crippen MR) is 93.4 cm³/mol. The molecule has 3 rings (SSSR count). The molecule has 2 atom stereocenters. The van der Waals surface area contributed by atoms with Gasteiger partial charge in [0.05, 0.1) is 10.8 Å². The Morgan fingerprint density at radius 1 is 1.32 bits per heavy atom. The van der Waals surface area contributed by atoms with Crippen LogP contribution in [0.25, 0.3) is 0 Å². The van der Waals surface area contributed by atoms with Gasteiger partial charge in [0, 0.05) is 25.4 Å². The van der Waals surface area contributed by atoms with E-state index in [1.807, 2.05) is 0 Å². The quantitative estimate of drug-likeness (QED) is 0.800. The summed E-state index contributed by atoms with van der Waals surface area (Å²) in [6, 6.07) is -0.699. The van der Waals surface area contributed by atoms with Crippen molar-refractivity contribution in [2.75, 3.05) is 12.8 Å². The highest BCUT2D eigenvalue weighted by molar-refractivity contribution is 7.94. The number of nitrogens with zero attached hydrogens (tertiary/aromatic N) is 1. The number of Topliss-reactive ketones (excluding diaryl/α,β-unsaturated/α-hetero) is 1. The van der Waals surface area contributed by atoms with Crippen LogP contribution < -0.4 is 0 Å². The molecule has 1 saturated carbocycles. The van der Waals surface area contributed by atoms with E-state index < -0.39 is 27.8 Å². The second-order valence-electron chi connectivity index (χ2n) is 7.44. The fourth-order valence-corrected chi connectivity index (χ4v) is 5.30. The molecule has 0 aromatic carbocycles. The molecule has 0 aromatic rings. The van der Waals surface area contributed by atoms with Gasteiger partial charge in [0.25, 0.3) is 0 Å². The molecular weight excluding hydrogens is 342 g/mol. The third-order valence-corrected chi connectivity index (χ3v) is 6.80. The lowest BCUT2D eigenvalue weighted by atomic mass is 9.84. The van der Waals surface area contributed by atoms with Gasteiger partial charge < -0.3 is 10.0 Å². The molecule has 7 heteroatoms. The standard InChI is InChI=1S/C18H25NO5S/c1-25(23,24)17-8-7-16(20)13-10-19(11-14(13)17)15(18(21)22)9-12-5-3-2-4-6-12/h8,11-13,15H,2-7,9-10H2,1H3,(H,21,22)/t13?,15-/m0/s1. The second-order valence-corrected chi connectivity index (χ2v) is 9.42. The van der Waals surface area contributed by atoms with Gasteiger partial charge in [-0.1, -0.05) is 38.2 Å². The molecule has 1 heterocycles. The zero-order chi connectivity index (χ0) is 18.2. The zero-order valence-corrected chi connectivity index (χ0v) is 15.3. The molecular formula is C18H25NO5S. The summed E-state index contributed by atoms with van der Waals surface area (Å²) < 4.78 is 24.0. The lowest BCUT2D eigenvalue weighted by Crippen LogP contribution is -2.40. The number of aliphatic carboxylic acids is 1. The lowest BCUT2D eigenvalue weighted by molar-refractivity contribution is -0.143. The molecule has 0 aromatic heterocycles. The van der Waals surface area contributed by atoms with E-state index in [-0.39, 0.29) is 23.7 Å². The minimum atomic E-state index is -3.43. The van der Waals surface area contributed by atoms with Crippen molar-refractivity contribution in [3.8, 4) is 0 Å². The number of carboxylic acid groups (broad SMARTS) is 1. The van der Waals surface area contributed by atoms with Gasteiger partial charge in [0.15, 0.2) is 9.84 Å². The highest BCUT2D eigenvalue weighted by Gasteiger charge is 2.41. The summed E-state index contributed by atoms with van der Waals surface area (Å²) in [4.78, 5) is 25.9. The number of carboxylic acids is 1. The van der Waals surface area contributed by atoms with E-state index in [0.717, 1.165) is 31.9 Å². The number of rotatable bonds is 5. The maximum absolute atomic E-state index is 12.2. The Labute approximate surface area is 148 Å². The lowest BCUT2D eigenvalue weighted by Gasteiger charge is -2.30. The van der Waals surface area contributed by atoms with E-state index in [1.54, 1.807) is 11.1 Å². The number of hydrogen-bond acceptors (Lipinski definition) is 5. The summed E-state index contributed by atoms with van der Waals surface area (Å²) in [5, 5.41) is 9.70. The summed E-state index contributed by atoms with van der Waals surface area (Å²) >= 11 is 0. The Bertz CT molecular complexity index is 731. The Balaban J connectivity index is 1.84. The van der Waals surface area contributed by atoms with Crippen molar-refractivity contribution in [2.24, 2.45) is 11.8 Å². The minimum absolute atomic E-state index is 0.0389. The highest BCUT2D eigenvalue weighted by atomic mass is 32.2. The first kappa shape index (κ1) is 18.2. The van der Waals surface area contributed by atoms with Crippen molar-refractivity contribution in [3.05, 3.63) is 22.8 Å². The van der Waals surface area contributed by atoms with Gasteiger partial charge in [-0.3, -0.25) is 4.79 Å². The average molecular weight is 367 g/mol. The molecule has 0 bridgehead atoms. The van der Waals surface area contributed by atoms with E-state index in [0.29, 0.717) is 17.9 Å². The molecule has 0 radical (unpaired) electrons. The van der Waals surface area contributed by atoms with E-state index in [9.17, 15) is 23.1 Å². The summed E-state index contributed by atoms with van der Waals surface area (Å²) in [5.74, 6) is -1.08. The van der Waals surface area contributed by atoms with Crippen LogP contribution >= 0.6 is 0 Å². The Kier molecular flexibility index (Phi) is 5.04. The zero-order valence-electron chi connectivity index (χ0n) is 14.5. The molecule has 3 aliphatic rings. The van der Waals surface area contributed by atoms with Crippen LogP contribution in [0.5, 0.6) is 0 Å². The molecule has 1 unspecified atom stereocenters. The van der Waals surface area contributed by atoms with Crippen molar-refractivity contribution in [1.29, 1.82) is 0 Å². The highest BCUT2D eigenvalue weighted by Crippen LogP contribution is 2.38. The summed E-state index contributed by atoms with van der Waals surface area (Å²) in [6.07, 6.45) is 10.4. The molecule has 0 saturated heterocycles. The van der Waals surface area contributed by atoms with E-state index >= 15 is 0 Å². The number of sulfone groups is 1. The molecule has 138 valence electrons. The van der Waals surface area contributed by atoms with Crippen LogP contribution in [-0.2, 0) is 19.4 Å². The molecule has 2 aliphatic carbocycles. The monoisotopic (exact) mass is 367 g/mol. The van der Waals surface area contributed by atoms with Gasteiger partial charge in [0.2, 0.25) is 0 Å². The molecule has 1 fully saturated rings.